The smallest absolute Gasteiger partial charge is 0.224 e. The number of carbonyl (C=O) groups excluding carboxylic acids is 1. The number of carbonyl (C=O) groups is 1. The molecule has 1 aliphatic heterocycles. The van der Waals surface area contributed by atoms with Crippen molar-refractivity contribution in [2.24, 2.45) is 0 Å². The number of benzene rings is 1. The van der Waals surface area contributed by atoms with Crippen LogP contribution in [0.1, 0.15) is 23.1 Å². The standard InChI is InChI=1S/C19H30N2O3/c1-14-5-6-16(11-15(14)2)12-19(22)20-17-7-9-23-13-18(17)24-10-8-21(3)4/h5-6,11,17-18H,7-10,12-13H2,1-4H3,(H,20,22)/t17-,18-/m1/s1. The Labute approximate surface area is 145 Å². The average molecular weight is 334 g/mol. The monoisotopic (exact) mass is 334 g/mol. The van der Waals surface area contributed by atoms with Crippen molar-refractivity contribution >= 4 is 5.91 Å². The van der Waals surface area contributed by atoms with Crippen LogP contribution in [0.15, 0.2) is 18.2 Å². The number of rotatable bonds is 7. The van der Waals surface area contributed by atoms with Gasteiger partial charge in [0.05, 0.1) is 25.7 Å². The van der Waals surface area contributed by atoms with Gasteiger partial charge in [-0.15, -0.1) is 0 Å². The van der Waals surface area contributed by atoms with E-state index in [0.29, 0.717) is 26.2 Å². The van der Waals surface area contributed by atoms with Crippen LogP contribution in [0.2, 0.25) is 0 Å². The predicted molar refractivity (Wildman–Crippen MR) is 95.3 cm³/mol. The molecule has 1 N–H and O–H groups in total. The van der Waals surface area contributed by atoms with Crippen molar-refractivity contribution < 1.29 is 14.3 Å². The normalized spacial score (nSPS) is 21.0. The van der Waals surface area contributed by atoms with Crippen LogP contribution in [0.3, 0.4) is 0 Å². The highest BCUT2D eigenvalue weighted by Gasteiger charge is 2.27. The van der Waals surface area contributed by atoms with Gasteiger partial charge in [0.25, 0.3) is 0 Å². The van der Waals surface area contributed by atoms with Gasteiger partial charge >= 0.3 is 0 Å². The number of amides is 1. The van der Waals surface area contributed by atoms with Crippen LogP contribution < -0.4 is 5.32 Å². The fourth-order valence-corrected chi connectivity index (χ4v) is 2.78. The molecule has 1 heterocycles. The molecule has 0 unspecified atom stereocenters. The summed E-state index contributed by atoms with van der Waals surface area (Å²) in [7, 11) is 4.03. The zero-order chi connectivity index (χ0) is 17.5. The van der Waals surface area contributed by atoms with E-state index in [1.807, 2.05) is 20.2 Å². The van der Waals surface area contributed by atoms with E-state index in [0.717, 1.165) is 18.5 Å². The molecule has 0 bridgehead atoms. The third-order valence-corrected chi connectivity index (χ3v) is 4.46. The summed E-state index contributed by atoms with van der Waals surface area (Å²) in [5.74, 6) is 0.0476. The highest BCUT2D eigenvalue weighted by Crippen LogP contribution is 2.13. The van der Waals surface area contributed by atoms with Gasteiger partial charge in [0.15, 0.2) is 0 Å². The second-order valence-electron chi connectivity index (χ2n) is 6.85. The lowest BCUT2D eigenvalue weighted by molar-refractivity contribution is -0.125. The molecule has 1 fully saturated rings. The molecule has 134 valence electrons. The molecule has 0 radical (unpaired) electrons. The van der Waals surface area contributed by atoms with Gasteiger partial charge in [0.2, 0.25) is 5.91 Å². The molecule has 1 saturated heterocycles. The van der Waals surface area contributed by atoms with Gasteiger partial charge in [-0.25, -0.2) is 0 Å². The van der Waals surface area contributed by atoms with Gasteiger partial charge in [-0.2, -0.15) is 0 Å². The Morgan fingerprint density at radius 2 is 2.12 bits per heavy atom. The average Bonchev–Trinajstić information content (AvgIpc) is 2.52. The van der Waals surface area contributed by atoms with Gasteiger partial charge in [-0.05, 0) is 51.1 Å². The van der Waals surface area contributed by atoms with E-state index in [-0.39, 0.29) is 18.1 Å². The number of likely N-dealkylation sites (N-methyl/N-ethyl adjacent to an activating group) is 1. The molecule has 0 spiro atoms. The molecular weight excluding hydrogens is 304 g/mol. The molecule has 1 aromatic carbocycles. The molecule has 2 rings (SSSR count). The number of hydrogen-bond acceptors (Lipinski definition) is 4. The summed E-state index contributed by atoms with van der Waals surface area (Å²) < 4.78 is 11.4. The summed E-state index contributed by atoms with van der Waals surface area (Å²) >= 11 is 0. The van der Waals surface area contributed by atoms with Crippen LogP contribution in [0.4, 0.5) is 0 Å². The molecule has 5 heteroatoms. The van der Waals surface area contributed by atoms with Gasteiger partial charge in [0.1, 0.15) is 6.10 Å². The van der Waals surface area contributed by atoms with Gasteiger partial charge < -0.3 is 19.7 Å². The maximum atomic E-state index is 12.4. The van der Waals surface area contributed by atoms with Crippen LogP contribution >= 0.6 is 0 Å². The molecule has 0 aromatic heterocycles. The third kappa shape index (κ3) is 5.89. The fraction of sp³-hybridized carbons (Fsp3) is 0.632. The minimum absolute atomic E-state index is 0.0277. The molecule has 1 amide bonds. The summed E-state index contributed by atoms with van der Waals surface area (Å²) in [6.07, 6.45) is 1.14. The lowest BCUT2D eigenvalue weighted by atomic mass is 10.0. The van der Waals surface area contributed by atoms with Crippen molar-refractivity contribution in [1.82, 2.24) is 10.2 Å². The first-order chi connectivity index (χ1) is 11.5. The van der Waals surface area contributed by atoms with E-state index in [2.05, 4.69) is 36.2 Å². The lowest BCUT2D eigenvalue weighted by Crippen LogP contribution is -2.50. The summed E-state index contributed by atoms with van der Waals surface area (Å²) in [6.45, 7) is 6.87. The molecule has 1 aliphatic rings. The van der Waals surface area contributed by atoms with Crippen LogP contribution in [0.25, 0.3) is 0 Å². The maximum absolute atomic E-state index is 12.4. The van der Waals surface area contributed by atoms with E-state index < -0.39 is 0 Å². The highest BCUT2D eigenvalue weighted by atomic mass is 16.5. The lowest BCUT2D eigenvalue weighted by Gasteiger charge is -2.32. The number of nitrogens with one attached hydrogen (secondary N) is 1. The van der Waals surface area contributed by atoms with Gasteiger partial charge in [0, 0.05) is 13.2 Å². The fourth-order valence-electron chi connectivity index (χ4n) is 2.78. The number of nitrogens with zero attached hydrogens (tertiary/aromatic N) is 1. The highest BCUT2D eigenvalue weighted by molar-refractivity contribution is 5.79. The molecule has 0 aliphatic carbocycles. The summed E-state index contributed by atoms with van der Waals surface area (Å²) in [4.78, 5) is 14.5. The van der Waals surface area contributed by atoms with Crippen LogP contribution in [-0.4, -0.2) is 63.4 Å². The van der Waals surface area contributed by atoms with Crippen molar-refractivity contribution in [2.45, 2.75) is 38.8 Å². The Morgan fingerprint density at radius 3 is 2.83 bits per heavy atom. The Balaban J connectivity index is 1.86. The summed E-state index contributed by atoms with van der Waals surface area (Å²) in [5.41, 5.74) is 3.52. The van der Waals surface area contributed by atoms with Crippen molar-refractivity contribution in [3.63, 3.8) is 0 Å². The molecule has 1 aromatic rings. The van der Waals surface area contributed by atoms with Crippen molar-refractivity contribution in [3.05, 3.63) is 34.9 Å². The Hall–Kier alpha value is -1.43. The quantitative estimate of drug-likeness (QED) is 0.825. The zero-order valence-corrected chi connectivity index (χ0v) is 15.3. The van der Waals surface area contributed by atoms with Crippen LogP contribution in [0.5, 0.6) is 0 Å². The SMILES string of the molecule is Cc1ccc(CC(=O)N[C@@H]2CCOC[C@H]2OCCN(C)C)cc1C. The second-order valence-corrected chi connectivity index (χ2v) is 6.85. The Morgan fingerprint density at radius 1 is 1.33 bits per heavy atom. The molecule has 5 nitrogen and oxygen atoms in total. The first-order valence-electron chi connectivity index (χ1n) is 8.65. The first-order valence-corrected chi connectivity index (χ1v) is 8.65. The molecule has 0 saturated carbocycles. The molecule has 2 atom stereocenters. The topological polar surface area (TPSA) is 50.8 Å². The number of ether oxygens (including phenoxy) is 2. The third-order valence-electron chi connectivity index (χ3n) is 4.46. The van der Waals surface area contributed by atoms with E-state index >= 15 is 0 Å². The van der Waals surface area contributed by atoms with Gasteiger partial charge in [-0.1, -0.05) is 18.2 Å². The molecular formula is C19H30N2O3. The minimum Gasteiger partial charge on any atom is -0.379 e. The number of aryl methyl sites for hydroxylation is 2. The van der Waals surface area contributed by atoms with Crippen molar-refractivity contribution in [3.8, 4) is 0 Å². The summed E-state index contributed by atoms with van der Waals surface area (Å²) in [5, 5.41) is 3.13. The minimum atomic E-state index is -0.0672. The van der Waals surface area contributed by atoms with Gasteiger partial charge in [-0.3, -0.25) is 4.79 Å². The van der Waals surface area contributed by atoms with E-state index in [9.17, 15) is 4.79 Å². The Kier molecular flexibility index (Phi) is 7.21. The first kappa shape index (κ1) is 18.9. The zero-order valence-electron chi connectivity index (χ0n) is 15.3. The Bertz CT molecular complexity index is 545. The second kappa shape index (κ2) is 9.16. The summed E-state index contributed by atoms with van der Waals surface area (Å²) in [6, 6.07) is 6.21. The largest absolute Gasteiger partial charge is 0.379 e. The maximum Gasteiger partial charge on any atom is 0.224 e. The number of hydrogen-bond donors (Lipinski definition) is 1. The van der Waals surface area contributed by atoms with Crippen LogP contribution in [0, 0.1) is 13.8 Å². The van der Waals surface area contributed by atoms with Crippen molar-refractivity contribution in [1.29, 1.82) is 0 Å². The predicted octanol–water partition coefficient (Wildman–Crippen LogP) is 1.70. The van der Waals surface area contributed by atoms with E-state index in [4.69, 9.17) is 9.47 Å². The van der Waals surface area contributed by atoms with Crippen molar-refractivity contribution in [2.75, 3.05) is 40.5 Å². The van der Waals surface area contributed by atoms with E-state index in [1.54, 1.807) is 0 Å². The van der Waals surface area contributed by atoms with Crippen LogP contribution in [-0.2, 0) is 20.7 Å². The van der Waals surface area contributed by atoms with E-state index in [1.165, 1.54) is 11.1 Å². The molecule has 24 heavy (non-hydrogen) atoms.